The predicted molar refractivity (Wildman–Crippen MR) is 103 cm³/mol. The third-order valence-electron chi connectivity index (χ3n) is 4.27. The zero-order chi connectivity index (χ0) is 18.0. The van der Waals surface area contributed by atoms with E-state index in [4.69, 9.17) is 4.74 Å². The van der Waals surface area contributed by atoms with Gasteiger partial charge in [-0.1, -0.05) is 86.0 Å². The summed E-state index contributed by atoms with van der Waals surface area (Å²) in [4.78, 5) is 12.2. The Kier molecular flexibility index (Phi) is 5.14. The van der Waals surface area contributed by atoms with Crippen molar-refractivity contribution in [1.82, 2.24) is 0 Å². The molecule has 0 aromatic heterocycles. The second-order valence-corrected chi connectivity index (χ2v) is 12.5. The van der Waals surface area contributed by atoms with Gasteiger partial charge in [-0.25, -0.2) is 4.79 Å². The number of ether oxygens (including phenoxy) is 1. The van der Waals surface area contributed by atoms with Crippen LogP contribution in [0.3, 0.4) is 0 Å². The molecular formula is C21H26O2Si. The molecule has 0 saturated carbocycles. The summed E-state index contributed by atoms with van der Waals surface area (Å²) >= 11 is 0. The van der Waals surface area contributed by atoms with Gasteiger partial charge in [-0.2, -0.15) is 0 Å². The van der Waals surface area contributed by atoms with Crippen LogP contribution < -0.4 is 5.19 Å². The molecule has 0 spiro atoms. The Morgan fingerprint density at radius 1 is 0.958 bits per heavy atom. The van der Waals surface area contributed by atoms with Gasteiger partial charge in [-0.3, -0.25) is 0 Å². The normalized spacial score (nSPS) is 13.9. The van der Waals surface area contributed by atoms with Crippen molar-refractivity contribution < 1.29 is 9.53 Å². The number of hydrogen-bond acceptors (Lipinski definition) is 2. The maximum Gasteiger partial charge on any atom is 0.334 e. The van der Waals surface area contributed by atoms with Crippen LogP contribution in [0.15, 0.2) is 66.7 Å². The van der Waals surface area contributed by atoms with Gasteiger partial charge in [0.2, 0.25) is 0 Å². The van der Waals surface area contributed by atoms with E-state index < -0.39 is 13.7 Å². The van der Waals surface area contributed by atoms with Gasteiger partial charge in [-0.15, -0.1) is 0 Å². The van der Waals surface area contributed by atoms with Crippen molar-refractivity contribution in [2.45, 2.75) is 39.1 Å². The van der Waals surface area contributed by atoms with Crippen LogP contribution in [0.5, 0.6) is 0 Å². The molecule has 0 aliphatic heterocycles. The molecule has 1 atom stereocenters. The van der Waals surface area contributed by atoms with Crippen molar-refractivity contribution >= 4 is 19.2 Å². The summed E-state index contributed by atoms with van der Waals surface area (Å²) in [5, 5.41) is 1.38. The molecule has 0 fully saturated rings. The van der Waals surface area contributed by atoms with Crippen LogP contribution in [0.1, 0.15) is 25.0 Å². The Bertz CT molecular complexity index is 727. The van der Waals surface area contributed by atoms with E-state index in [-0.39, 0.29) is 5.97 Å². The Morgan fingerprint density at radius 3 is 1.92 bits per heavy atom. The minimum absolute atomic E-state index is 0.379. The maximum atomic E-state index is 12.2. The molecule has 2 rings (SSSR count). The highest BCUT2D eigenvalue weighted by Crippen LogP contribution is 2.33. The monoisotopic (exact) mass is 338 g/mol. The molecule has 3 heteroatoms. The summed E-state index contributed by atoms with van der Waals surface area (Å²) < 4.78 is 5.87. The Balaban J connectivity index is 2.50. The van der Waals surface area contributed by atoms with E-state index in [1.54, 1.807) is 6.92 Å². The van der Waals surface area contributed by atoms with E-state index >= 15 is 0 Å². The fourth-order valence-corrected chi connectivity index (χ4v) is 3.77. The first kappa shape index (κ1) is 18.2. The maximum absolute atomic E-state index is 12.2. The van der Waals surface area contributed by atoms with Crippen molar-refractivity contribution in [1.29, 1.82) is 0 Å². The first-order valence-electron chi connectivity index (χ1n) is 8.20. The molecule has 2 nitrogen and oxygen atoms in total. The molecule has 0 amide bonds. The number of benzene rings is 2. The van der Waals surface area contributed by atoms with Crippen molar-refractivity contribution in [3.05, 3.63) is 77.9 Å². The molecule has 2 aromatic rings. The fourth-order valence-electron chi connectivity index (χ4n) is 2.60. The third-order valence-corrected chi connectivity index (χ3v) is 6.34. The zero-order valence-corrected chi connectivity index (χ0v) is 16.2. The van der Waals surface area contributed by atoms with Crippen LogP contribution in [0.25, 0.3) is 0 Å². The standard InChI is InChI=1S/C21H26O2Si/c1-16(2)20(22)23-21(3,17-10-8-7-9-11-17)18-12-14-19(15-13-18)24(4,5)6/h7-15H,1H2,2-6H3. The van der Waals surface area contributed by atoms with Crippen LogP contribution in [0.2, 0.25) is 19.6 Å². The van der Waals surface area contributed by atoms with Gasteiger partial charge in [0, 0.05) is 5.57 Å². The molecule has 0 aliphatic rings. The van der Waals surface area contributed by atoms with E-state index in [1.165, 1.54) is 5.19 Å². The number of carbonyl (C=O) groups excluding carboxylic acids is 1. The van der Waals surface area contributed by atoms with E-state index in [1.807, 2.05) is 37.3 Å². The summed E-state index contributed by atoms with van der Waals surface area (Å²) in [5.41, 5.74) is 1.47. The van der Waals surface area contributed by atoms with Gasteiger partial charge in [0.1, 0.15) is 0 Å². The first-order valence-corrected chi connectivity index (χ1v) is 11.7. The van der Waals surface area contributed by atoms with Gasteiger partial charge < -0.3 is 4.74 Å². The second-order valence-electron chi connectivity index (χ2n) is 7.40. The minimum Gasteiger partial charge on any atom is -0.446 e. The first-order chi connectivity index (χ1) is 11.1. The zero-order valence-electron chi connectivity index (χ0n) is 15.2. The minimum atomic E-state index is -1.37. The van der Waals surface area contributed by atoms with Crippen molar-refractivity contribution in [2.75, 3.05) is 0 Å². The van der Waals surface area contributed by atoms with Gasteiger partial charge in [0.05, 0.1) is 8.07 Å². The largest absolute Gasteiger partial charge is 0.446 e. The SMILES string of the molecule is C=C(C)C(=O)OC(C)(c1ccccc1)c1ccc([Si](C)(C)C)cc1. The van der Waals surface area contributed by atoms with Gasteiger partial charge in [0.15, 0.2) is 5.60 Å². The highest BCUT2D eigenvalue weighted by Gasteiger charge is 2.33. The average Bonchev–Trinajstić information content (AvgIpc) is 2.54. The summed E-state index contributed by atoms with van der Waals surface area (Å²) in [7, 11) is -1.37. The van der Waals surface area contributed by atoms with Crippen molar-refractivity contribution in [3.63, 3.8) is 0 Å². The molecule has 0 N–H and O–H groups in total. The summed E-state index contributed by atoms with van der Waals surface area (Å²) in [6.45, 7) is 14.3. The molecule has 0 aliphatic carbocycles. The number of hydrogen-bond donors (Lipinski definition) is 0. The lowest BCUT2D eigenvalue weighted by Gasteiger charge is -2.31. The molecule has 2 aromatic carbocycles. The Labute approximate surface area is 146 Å². The van der Waals surface area contributed by atoms with E-state index in [2.05, 4.69) is 50.5 Å². The van der Waals surface area contributed by atoms with Crippen LogP contribution in [0.4, 0.5) is 0 Å². The summed E-state index contributed by atoms with van der Waals surface area (Å²) in [5.74, 6) is -0.379. The highest BCUT2D eigenvalue weighted by atomic mass is 28.3. The molecule has 0 bridgehead atoms. The van der Waals surface area contributed by atoms with Gasteiger partial charge in [0.25, 0.3) is 0 Å². The average molecular weight is 339 g/mol. The van der Waals surface area contributed by atoms with E-state index in [0.717, 1.165) is 11.1 Å². The molecular weight excluding hydrogens is 312 g/mol. The van der Waals surface area contributed by atoms with E-state index in [0.29, 0.717) is 5.57 Å². The summed E-state index contributed by atoms with van der Waals surface area (Å²) in [6, 6.07) is 18.3. The van der Waals surface area contributed by atoms with Crippen LogP contribution in [-0.4, -0.2) is 14.0 Å². The second kappa shape index (κ2) is 6.77. The fraction of sp³-hybridized carbons (Fsp3) is 0.286. The molecule has 0 radical (unpaired) electrons. The van der Waals surface area contributed by atoms with Crippen LogP contribution >= 0.6 is 0 Å². The smallest absolute Gasteiger partial charge is 0.334 e. The molecule has 0 saturated heterocycles. The van der Waals surface area contributed by atoms with Gasteiger partial charge >= 0.3 is 5.97 Å². The Morgan fingerprint density at radius 2 is 1.46 bits per heavy atom. The topological polar surface area (TPSA) is 26.3 Å². The van der Waals surface area contributed by atoms with Crippen molar-refractivity contribution in [2.24, 2.45) is 0 Å². The molecule has 126 valence electrons. The van der Waals surface area contributed by atoms with Crippen LogP contribution in [-0.2, 0) is 15.1 Å². The van der Waals surface area contributed by atoms with Crippen molar-refractivity contribution in [3.8, 4) is 0 Å². The number of carbonyl (C=O) groups is 1. The molecule has 1 unspecified atom stereocenters. The Hall–Kier alpha value is -2.13. The lowest BCUT2D eigenvalue weighted by atomic mass is 9.88. The third kappa shape index (κ3) is 3.85. The lowest BCUT2D eigenvalue weighted by molar-refractivity contribution is -0.150. The highest BCUT2D eigenvalue weighted by molar-refractivity contribution is 6.88. The number of rotatable bonds is 5. The predicted octanol–water partition coefficient (Wildman–Crippen LogP) is 4.61. The molecule has 24 heavy (non-hydrogen) atoms. The molecule has 0 heterocycles. The quantitative estimate of drug-likeness (QED) is 0.452. The van der Waals surface area contributed by atoms with Gasteiger partial charge in [-0.05, 0) is 25.0 Å². The summed E-state index contributed by atoms with van der Waals surface area (Å²) in [6.07, 6.45) is 0. The van der Waals surface area contributed by atoms with Crippen LogP contribution in [0, 0.1) is 0 Å². The lowest BCUT2D eigenvalue weighted by Crippen LogP contribution is -2.38. The number of esters is 1. The van der Waals surface area contributed by atoms with E-state index in [9.17, 15) is 4.79 Å².